The van der Waals surface area contributed by atoms with Gasteiger partial charge >= 0.3 is 6.09 Å². The van der Waals surface area contributed by atoms with E-state index in [9.17, 15) is 9.90 Å². The van der Waals surface area contributed by atoms with Crippen LogP contribution in [0, 0.1) is 0 Å². The van der Waals surface area contributed by atoms with Gasteiger partial charge in [0.15, 0.2) is 0 Å². The number of aromatic amines is 1. The van der Waals surface area contributed by atoms with Gasteiger partial charge < -0.3 is 20.1 Å². The molecule has 0 aliphatic heterocycles. The maximum Gasteiger partial charge on any atom is 0.407 e. The second-order valence-electron chi connectivity index (χ2n) is 5.95. The third-order valence-corrected chi connectivity index (χ3v) is 3.42. The SMILES string of the molecule is CCOC(=O)NCCc1c(/C=C/C(C)(C)O)[nH]c2ccccc12. The van der Waals surface area contributed by atoms with E-state index in [0.29, 0.717) is 19.6 Å². The number of carbonyl (C=O) groups excluding carboxylic acids is 1. The molecule has 23 heavy (non-hydrogen) atoms. The fraction of sp³-hybridized carbons (Fsp3) is 0.389. The van der Waals surface area contributed by atoms with Crippen LogP contribution in [0.4, 0.5) is 4.79 Å². The Bertz CT molecular complexity index is 696. The summed E-state index contributed by atoms with van der Waals surface area (Å²) in [6.07, 6.45) is 3.91. The summed E-state index contributed by atoms with van der Waals surface area (Å²) < 4.78 is 4.87. The maximum absolute atomic E-state index is 11.4. The number of amides is 1. The lowest BCUT2D eigenvalue weighted by molar-refractivity contribution is 0.134. The molecule has 2 aromatic rings. The summed E-state index contributed by atoms with van der Waals surface area (Å²) in [4.78, 5) is 14.7. The summed E-state index contributed by atoms with van der Waals surface area (Å²) in [5, 5.41) is 13.7. The first-order valence-corrected chi connectivity index (χ1v) is 7.82. The minimum Gasteiger partial charge on any atom is -0.450 e. The van der Waals surface area contributed by atoms with Crippen molar-refractivity contribution < 1.29 is 14.6 Å². The molecule has 2 rings (SSSR count). The highest BCUT2D eigenvalue weighted by molar-refractivity contribution is 5.87. The van der Waals surface area contributed by atoms with Gasteiger partial charge in [-0.1, -0.05) is 24.3 Å². The highest BCUT2D eigenvalue weighted by Crippen LogP contribution is 2.24. The molecule has 0 spiro atoms. The van der Waals surface area contributed by atoms with E-state index < -0.39 is 11.7 Å². The lowest BCUT2D eigenvalue weighted by Crippen LogP contribution is -2.26. The minimum atomic E-state index is -0.877. The van der Waals surface area contributed by atoms with Crippen molar-refractivity contribution in [2.24, 2.45) is 0 Å². The van der Waals surface area contributed by atoms with E-state index in [1.54, 1.807) is 26.8 Å². The molecule has 0 aliphatic carbocycles. The smallest absolute Gasteiger partial charge is 0.407 e. The van der Waals surface area contributed by atoms with E-state index in [0.717, 1.165) is 22.2 Å². The van der Waals surface area contributed by atoms with Crippen LogP contribution in [0.15, 0.2) is 30.3 Å². The second-order valence-corrected chi connectivity index (χ2v) is 5.95. The van der Waals surface area contributed by atoms with Gasteiger partial charge in [0, 0.05) is 23.1 Å². The van der Waals surface area contributed by atoms with E-state index in [2.05, 4.69) is 10.3 Å². The molecule has 1 aromatic heterocycles. The fourth-order valence-corrected chi connectivity index (χ4v) is 2.39. The highest BCUT2D eigenvalue weighted by Gasteiger charge is 2.12. The molecule has 0 saturated carbocycles. The molecule has 0 saturated heterocycles. The first-order valence-electron chi connectivity index (χ1n) is 7.82. The average molecular weight is 316 g/mol. The van der Waals surface area contributed by atoms with Crippen LogP contribution in [0.5, 0.6) is 0 Å². The summed E-state index contributed by atoms with van der Waals surface area (Å²) in [6.45, 7) is 6.09. The third kappa shape index (κ3) is 4.86. The van der Waals surface area contributed by atoms with Gasteiger partial charge in [-0.25, -0.2) is 4.79 Å². The van der Waals surface area contributed by atoms with Crippen LogP contribution in [-0.2, 0) is 11.2 Å². The number of hydrogen-bond acceptors (Lipinski definition) is 3. The minimum absolute atomic E-state index is 0.360. The van der Waals surface area contributed by atoms with E-state index >= 15 is 0 Å². The van der Waals surface area contributed by atoms with E-state index in [1.165, 1.54) is 0 Å². The predicted molar refractivity (Wildman–Crippen MR) is 92.4 cm³/mol. The number of ether oxygens (including phenoxy) is 1. The third-order valence-electron chi connectivity index (χ3n) is 3.42. The first-order chi connectivity index (χ1) is 10.9. The van der Waals surface area contributed by atoms with Crippen LogP contribution in [0.2, 0.25) is 0 Å². The van der Waals surface area contributed by atoms with Gasteiger partial charge in [0.2, 0.25) is 0 Å². The molecule has 3 N–H and O–H groups in total. The van der Waals surface area contributed by atoms with Crippen LogP contribution in [0.25, 0.3) is 17.0 Å². The van der Waals surface area contributed by atoms with Gasteiger partial charge in [-0.2, -0.15) is 0 Å². The summed E-state index contributed by atoms with van der Waals surface area (Å²) in [6, 6.07) is 8.02. The molecule has 0 fully saturated rings. The van der Waals surface area contributed by atoms with Gasteiger partial charge in [-0.15, -0.1) is 0 Å². The van der Waals surface area contributed by atoms with Crippen molar-refractivity contribution in [1.29, 1.82) is 0 Å². The molecular formula is C18H24N2O3. The highest BCUT2D eigenvalue weighted by atomic mass is 16.5. The number of H-pyrrole nitrogens is 1. The Balaban J connectivity index is 2.21. The number of rotatable bonds is 6. The summed E-state index contributed by atoms with van der Waals surface area (Å²) in [5.74, 6) is 0. The van der Waals surface area contributed by atoms with Crippen molar-refractivity contribution >= 4 is 23.1 Å². The van der Waals surface area contributed by atoms with Gasteiger partial charge in [-0.05, 0) is 44.9 Å². The number of fused-ring (bicyclic) bond motifs is 1. The van der Waals surface area contributed by atoms with Gasteiger partial charge in [0.1, 0.15) is 0 Å². The molecule has 5 heteroatoms. The number of hydrogen-bond donors (Lipinski definition) is 3. The van der Waals surface area contributed by atoms with Crippen molar-refractivity contribution in [3.8, 4) is 0 Å². The monoisotopic (exact) mass is 316 g/mol. The Kier molecular flexibility index (Phi) is 5.45. The molecule has 1 aromatic carbocycles. The molecule has 0 unspecified atom stereocenters. The predicted octanol–water partition coefficient (Wildman–Crippen LogP) is 3.24. The van der Waals surface area contributed by atoms with Gasteiger partial charge in [0.05, 0.1) is 12.2 Å². The zero-order valence-electron chi connectivity index (χ0n) is 13.8. The van der Waals surface area contributed by atoms with Gasteiger partial charge in [0.25, 0.3) is 0 Å². The number of aromatic nitrogens is 1. The van der Waals surface area contributed by atoms with Crippen LogP contribution in [0.1, 0.15) is 32.0 Å². The molecule has 0 atom stereocenters. The second kappa shape index (κ2) is 7.33. The molecular weight excluding hydrogens is 292 g/mol. The molecule has 124 valence electrons. The summed E-state index contributed by atoms with van der Waals surface area (Å²) in [5.41, 5.74) is 2.21. The van der Waals surface area contributed by atoms with E-state index in [4.69, 9.17) is 4.74 Å². The number of carbonyl (C=O) groups is 1. The molecule has 0 bridgehead atoms. The van der Waals surface area contributed by atoms with Crippen molar-refractivity contribution in [3.05, 3.63) is 41.6 Å². The lowest BCUT2D eigenvalue weighted by Gasteiger charge is -2.10. The Hall–Kier alpha value is -2.27. The van der Waals surface area contributed by atoms with Crippen molar-refractivity contribution in [2.45, 2.75) is 32.8 Å². The fourth-order valence-electron chi connectivity index (χ4n) is 2.39. The van der Waals surface area contributed by atoms with Crippen molar-refractivity contribution in [3.63, 3.8) is 0 Å². The van der Waals surface area contributed by atoms with E-state index in [-0.39, 0.29) is 0 Å². The average Bonchev–Trinajstić information content (AvgIpc) is 2.83. The molecule has 0 aliphatic rings. The molecule has 1 heterocycles. The number of alkyl carbamates (subject to hydrolysis) is 1. The maximum atomic E-state index is 11.4. The molecule has 1 amide bonds. The van der Waals surface area contributed by atoms with E-state index in [1.807, 2.05) is 30.3 Å². The number of para-hydroxylation sites is 1. The Morgan fingerprint density at radius 2 is 2.13 bits per heavy atom. The van der Waals surface area contributed by atoms with Crippen LogP contribution in [0.3, 0.4) is 0 Å². The normalized spacial score (nSPS) is 12.0. The zero-order chi connectivity index (χ0) is 16.9. The van der Waals surface area contributed by atoms with Crippen LogP contribution < -0.4 is 5.32 Å². The van der Waals surface area contributed by atoms with Gasteiger partial charge in [-0.3, -0.25) is 0 Å². The first kappa shape index (κ1) is 17.1. The Morgan fingerprint density at radius 1 is 1.39 bits per heavy atom. The standard InChI is InChI=1S/C18H24N2O3/c1-4-23-17(21)19-12-10-14-13-7-5-6-8-15(13)20-16(14)9-11-18(2,3)22/h5-9,11,20,22H,4,10,12H2,1-3H3,(H,19,21)/b11-9+. The summed E-state index contributed by atoms with van der Waals surface area (Å²) >= 11 is 0. The van der Waals surface area contributed by atoms with Crippen molar-refractivity contribution in [2.75, 3.05) is 13.2 Å². The number of nitrogens with one attached hydrogen (secondary N) is 2. The molecule has 0 radical (unpaired) electrons. The topological polar surface area (TPSA) is 74.3 Å². The zero-order valence-corrected chi connectivity index (χ0v) is 13.8. The Morgan fingerprint density at radius 3 is 2.83 bits per heavy atom. The Labute approximate surface area is 136 Å². The number of aliphatic hydroxyl groups is 1. The van der Waals surface area contributed by atoms with Crippen molar-refractivity contribution in [1.82, 2.24) is 10.3 Å². The molecule has 5 nitrogen and oxygen atoms in total. The largest absolute Gasteiger partial charge is 0.450 e. The van der Waals surface area contributed by atoms with Crippen LogP contribution in [-0.4, -0.2) is 34.9 Å². The summed E-state index contributed by atoms with van der Waals surface area (Å²) in [7, 11) is 0. The van der Waals surface area contributed by atoms with Crippen LogP contribution >= 0.6 is 0 Å². The quantitative estimate of drug-likeness (QED) is 0.766. The number of benzene rings is 1. The lowest BCUT2D eigenvalue weighted by atomic mass is 10.0.